The van der Waals surface area contributed by atoms with E-state index >= 15 is 0 Å². The Morgan fingerprint density at radius 3 is 2.87 bits per heavy atom. The highest BCUT2D eigenvalue weighted by atomic mass is 19.3. The first-order chi connectivity index (χ1) is 11.2. The maximum Gasteiger partial charge on any atom is 0.387 e. The van der Waals surface area contributed by atoms with Crippen molar-refractivity contribution in [1.29, 1.82) is 0 Å². The second kappa shape index (κ2) is 7.48. The highest BCUT2D eigenvalue weighted by molar-refractivity contribution is 5.29. The summed E-state index contributed by atoms with van der Waals surface area (Å²) in [7, 11) is 0. The topological polar surface area (TPSA) is 37.4 Å². The van der Waals surface area contributed by atoms with E-state index in [9.17, 15) is 8.78 Å². The van der Waals surface area contributed by atoms with E-state index in [1.165, 1.54) is 5.56 Å². The van der Waals surface area contributed by atoms with Crippen molar-refractivity contribution in [3.8, 4) is 5.75 Å². The molecule has 1 atom stereocenters. The van der Waals surface area contributed by atoms with Crippen LogP contribution in [0.1, 0.15) is 17.2 Å². The Morgan fingerprint density at radius 2 is 2.09 bits per heavy atom. The third-order valence-corrected chi connectivity index (χ3v) is 3.95. The lowest BCUT2D eigenvalue weighted by Gasteiger charge is -2.36. The molecule has 2 aromatic rings. The Kier molecular flexibility index (Phi) is 5.15. The Balaban J connectivity index is 1.74. The van der Waals surface area contributed by atoms with Crippen LogP contribution in [0.4, 0.5) is 8.78 Å². The molecule has 0 spiro atoms. The molecule has 1 aliphatic heterocycles. The third kappa shape index (κ3) is 4.24. The SMILES string of the molecule is FC(F)Oc1cccc(CN2CCNCC2c2ccncc2)c1. The van der Waals surface area contributed by atoms with E-state index in [-0.39, 0.29) is 11.8 Å². The van der Waals surface area contributed by atoms with Crippen LogP contribution in [0.2, 0.25) is 0 Å². The zero-order valence-electron chi connectivity index (χ0n) is 12.7. The van der Waals surface area contributed by atoms with Crippen molar-refractivity contribution >= 4 is 0 Å². The summed E-state index contributed by atoms with van der Waals surface area (Å²) >= 11 is 0. The molecule has 23 heavy (non-hydrogen) atoms. The number of aromatic nitrogens is 1. The Bertz CT molecular complexity index is 624. The molecule has 0 amide bonds. The first-order valence-electron chi connectivity index (χ1n) is 7.61. The highest BCUT2D eigenvalue weighted by Gasteiger charge is 2.23. The van der Waals surface area contributed by atoms with E-state index < -0.39 is 6.61 Å². The van der Waals surface area contributed by atoms with Gasteiger partial charge in [0.15, 0.2) is 0 Å². The summed E-state index contributed by atoms with van der Waals surface area (Å²) in [6.07, 6.45) is 3.58. The average Bonchev–Trinajstić information content (AvgIpc) is 2.56. The number of nitrogens with zero attached hydrogens (tertiary/aromatic N) is 2. The number of benzene rings is 1. The van der Waals surface area contributed by atoms with Gasteiger partial charge in [-0.05, 0) is 35.4 Å². The molecular weight excluding hydrogens is 300 g/mol. The van der Waals surface area contributed by atoms with Crippen LogP contribution in [0.15, 0.2) is 48.8 Å². The van der Waals surface area contributed by atoms with E-state index in [1.54, 1.807) is 30.6 Å². The fourth-order valence-electron chi connectivity index (χ4n) is 2.90. The van der Waals surface area contributed by atoms with Gasteiger partial charge in [0.1, 0.15) is 5.75 Å². The molecule has 3 rings (SSSR count). The maximum absolute atomic E-state index is 12.3. The Labute approximate surface area is 134 Å². The lowest BCUT2D eigenvalue weighted by Crippen LogP contribution is -2.45. The number of alkyl halides is 2. The van der Waals surface area contributed by atoms with Gasteiger partial charge < -0.3 is 10.1 Å². The molecule has 0 radical (unpaired) electrons. The molecule has 1 aromatic carbocycles. The predicted octanol–water partition coefficient (Wildman–Crippen LogP) is 2.83. The minimum Gasteiger partial charge on any atom is -0.435 e. The Hall–Kier alpha value is -2.05. The molecule has 0 aliphatic carbocycles. The van der Waals surface area contributed by atoms with E-state index in [2.05, 4.69) is 19.9 Å². The number of piperazine rings is 1. The van der Waals surface area contributed by atoms with Gasteiger partial charge in [-0.3, -0.25) is 9.88 Å². The lowest BCUT2D eigenvalue weighted by atomic mass is 10.0. The summed E-state index contributed by atoms with van der Waals surface area (Å²) in [5, 5.41) is 3.40. The minimum atomic E-state index is -2.80. The minimum absolute atomic E-state index is 0.202. The number of hydrogen-bond donors (Lipinski definition) is 1. The van der Waals surface area contributed by atoms with E-state index in [0.29, 0.717) is 6.54 Å². The molecular formula is C17H19F2N3O. The van der Waals surface area contributed by atoms with Gasteiger partial charge in [0.05, 0.1) is 0 Å². The third-order valence-electron chi connectivity index (χ3n) is 3.95. The fraction of sp³-hybridized carbons (Fsp3) is 0.353. The molecule has 1 aliphatic rings. The summed E-state index contributed by atoms with van der Waals surface area (Å²) in [5.41, 5.74) is 2.16. The summed E-state index contributed by atoms with van der Waals surface area (Å²) in [6, 6.07) is 11.2. The lowest BCUT2D eigenvalue weighted by molar-refractivity contribution is -0.0499. The number of nitrogens with one attached hydrogen (secondary N) is 1. The van der Waals surface area contributed by atoms with E-state index in [0.717, 1.165) is 25.2 Å². The second-order valence-electron chi connectivity index (χ2n) is 5.50. The van der Waals surface area contributed by atoms with Gasteiger partial charge in [-0.2, -0.15) is 8.78 Å². The maximum atomic E-state index is 12.3. The molecule has 1 unspecified atom stereocenters. The largest absolute Gasteiger partial charge is 0.435 e. The normalized spacial score (nSPS) is 19.0. The van der Waals surface area contributed by atoms with Crippen molar-refractivity contribution in [2.45, 2.75) is 19.2 Å². The van der Waals surface area contributed by atoms with Crippen molar-refractivity contribution in [2.24, 2.45) is 0 Å². The molecule has 122 valence electrons. The summed E-state index contributed by atoms with van der Waals surface area (Å²) in [5.74, 6) is 0.202. The molecule has 0 bridgehead atoms. The van der Waals surface area contributed by atoms with Crippen molar-refractivity contribution < 1.29 is 13.5 Å². The molecule has 0 saturated carbocycles. The van der Waals surface area contributed by atoms with Crippen LogP contribution in [-0.2, 0) is 6.54 Å². The fourth-order valence-corrected chi connectivity index (χ4v) is 2.90. The Morgan fingerprint density at radius 1 is 1.26 bits per heavy atom. The molecule has 4 nitrogen and oxygen atoms in total. The quantitative estimate of drug-likeness (QED) is 0.919. The molecule has 1 saturated heterocycles. The van der Waals surface area contributed by atoms with Crippen molar-refractivity contribution in [3.63, 3.8) is 0 Å². The van der Waals surface area contributed by atoms with Gasteiger partial charge in [-0.1, -0.05) is 12.1 Å². The van der Waals surface area contributed by atoms with E-state index in [4.69, 9.17) is 0 Å². The van der Waals surface area contributed by atoms with E-state index in [1.807, 2.05) is 18.2 Å². The first kappa shape index (κ1) is 15.8. The van der Waals surface area contributed by atoms with Gasteiger partial charge >= 0.3 is 6.61 Å². The molecule has 6 heteroatoms. The van der Waals surface area contributed by atoms with Crippen molar-refractivity contribution in [3.05, 3.63) is 59.9 Å². The van der Waals surface area contributed by atoms with Crippen molar-refractivity contribution in [2.75, 3.05) is 19.6 Å². The van der Waals surface area contributed by atoms with Gasteiger partial charge in [-0.15, -0.1) is 0 Å². The summed E-state index contributed by atoms with van der Waals surface area (Å²) in [6.45, 7) is 0.558. The molecule has 1 fully saturated rings. The monoisotopic (exact) mass is 319 g/mol. The van der Waals surface area contributed by atoms with Crippen LogP contribution in [0.5, 0.6) is 5.75 Å². The summed E-state index contributed by atoms with van der Waals surface area (Å²) < 4.78 is 29.2. The zero-order valence-corrected chi connectivity index (χ0v) is 12.7. The van der Waals surface area contributed by atoms with Crippen LogP contribution in [-0.4, -0.2) is 36.1 Å². The first-order valence-corrected chi connectivity index (χ1v) is 7.61. The van der Waals surface area contributed by atoms with Crippen LogP contribution in [0.3, 0.4) is 0 Å². The van der Waals surface area contributed by atoms with Gasteiger partial charge in [0.25, 0.3) is 0 Å². The van der Waals surface area contributed by atoms with Crippen LogP contribution in [0, 0.1) is 0 Å². The summed E-state index contributed by atoms with van der Waals surface area (Å²) in [4.78, 5) is 6.40. The highest BCUT2D eigenvalue weighted by Crippen LogP contribution is 2.25. The van der Waals surface area contributed by atoms with Crippen LogP contribution < -0.4 is 10.1 Å². The molecule has 1 aromatic heterocycles. The molecule has 2 heterocycles. The van der Waals surface area contributed by atoms with Gasteiger partial charge in [0.2, 0.25) is 0 Å². The zero-order chi connectivity index (χ0) is 16.1. The molecule has 1 N–H and O–H groups in total. The average molecular weight is 319 g/mol. The smallest absolute Gasteiger partial charge is 0.387 e. The van der Waals surface area contributed by atoms with Gasteiger partial charge in [0, 0.05) is 44.6 Å². The number of ether oxygens (including phenoxy) is 1. The number of halogens is 2. The number of rotatable bonds is 5. The van der Waals surface area contributed by atoms with Gasteiger partial charge in [-0.25, -0.2) is 0 Å². The number of hydrogen-bond acceptors (Lipinski definition) is 4. The van der Waals surface area contributed by atoms with Crippen molar-refractivity contribution in [1.82, 2.24) is 15.2 Å². The van der Waals surface area contributed by atoms with Crippen LogP contribution >= 0.6 is 0 Å². The number of pyridine rings is 1. The predicted molar refractivity (Wildman–Crippen MR) is 83.3 cm³/mol. The standard InChI is InChI=1S/C17H19F2N3O/c18-17(19)23-15-3-1-2-13(10-15)12-22-9-8-21-11-16(22)14-4-6-20-7-5-14/h1-7,10,16-17,21H,8-9,11-12H2. The van der Waals surface area contributed by atoms with Crippen LogP contribution in [0.25, 0.3) is 0 Å². The second-order valence-corrected chi connectivity index (χ2v) is 5.50.